The van der Waals surface area contributed by atoms with Crippen molar-refractivity contribution >= 4 is 23.2 Å². The summed E-state index contributed by atoms with van der Waals surface area (Å²) in [7, 11) is 0. The summed E-state index contributed by atoms with van der Waals surface area (Å²) in [6, 6.07) is 13.5. The van der Waals surface area contributed by atoms with Crippen molar-refractivity contribution < 1.29 is 0 Å². The van der Waals surface area contributed by atoms with E-state index in [0.29, 0.717) is 16.6 Å². The summed E-state index contributed by atoms with van der Waals surface area (Å²) in [5.74, 6) is 0. The van der Waals surface area contributed by atoms with Crippen LogP contribution < -0.4 is 5.73 Å². The van der Waals surface area contributed by atoms with E-state index < -0.39 is 0 Å². The Morgan fingerprint density at radius 2 is 1.56 bits per heavy atom. The van der Waals surface area contributed by atoms with E-state index in [1.807, 2.05) is 36.4 Å². The highest BCUT2D eigenvalue weighted by Crippen LogP contribution is 2.29. The SMILES string of the molecule is NCc1ccccc1-c1cc(Cl)cc(Cl)c1. The first kappa shape index (κ1) is 11.5. The van der Waals surface area contributed by atoms with Crippen molar-refractivity contribution in [1.29, 1.82) is 0 Å². The summed E-state index contributed by atoms with van der Waals surface area (Å²) in [6.07, 6.45) is 0. The van der Waals surface area contributed by atoms with Gasteiger partial charge in [0.05, 0.1) is 0 Å². The van der Waals surface area contributed by atoms with Gasteiger partial charge in [0.25, 0.3) is 0 Å². The first-order chi connectivity index (χ1) is 7.70. The molecule has 3 heteroatoms. The number of hydrogen-bond acceptors (Lipinski definition) is 1. The Bertz CT molecular complexity index is 489. The van der Waals surface area contributed by atoms with Gasteiger partial charge in [-0.05, 0) is 34.9 Å². The zero-order chi connectivity index (χ0) is 11.5. The summed E-state index contributed by atoms with van der Waals surface area (Å²) in [5.41, 5.74) is 8.86. The largest absolute Gasteiger partial charge is 0.326 e. The molecule has 0 aliphatic carbocycles. The molecule has 0 unspecified atom stereocenters. The standard InChI is InChI=1S/C13H11Cl2N/c14-11-5-10(6-12(15)7-11)13-4-2-1-3-9(13)8-16/h1-7H,8,16H2. The maximum absolute atomic E-state index is 5.98. The van der Waals surface area contributed by atoms with E-state index in [9.17, 15) is 0 Å². The number of rotatable bonds is 2. The highest BCUT2D eigenvalue weighted by molar-refractivity contribution is 6.35. The molecule has 2 aromatic carbocycles. The van der Waals surface area contributed by atoms with Gasteiger partial charge >= 0.3 is 0 Å². The van der Waals surface area contributed by atoms with Crippen molar-refractivity contribution in [3.63, 3.8) is 0 Å². The zero-order valence-corrected chi connectivity index (χ0v) is 10.1. The van der Waals surface area contributed by atoms with Crippen LogP contribution in [0.25, 0.3) is 11.1 Å². The molecule has 2 rings (SSSR count). The third-order valence-electron chi connectivity index (χ3n) is 2.41. The topological polar surface area (TPSA) is 26.0 Å². The molecule has 0 bridgehead atoms. The number of hydrogen-bond donors (Lipinski definition) is 1. The Labute approximate surface area is 105 Å². The Morgan fingerprint density at radius 3 is 2.19 bits per heavy atom. The molecule has 1 nitrogen and oxygen atoms in total. The van der Waals surface area contributed by atoms with Gasteiger partial charge in [0.1, 0.15) is 0 Å². The number of nitrogens with two attached hydrogens (primary N) is 1. The van der Waals surface area contributed by atoms with E-state index in [1.165, 1.54) is 0 Å². The summed E-state index contributed by atoms with van der Waals surface area (Å²) in [5, 5.41) is 1.27. The molecule has 0 fully saturated rings. The highest BCUT2D eigenvalue weighted by atomic mass is 35.5. The summed E-state index contributed by atoms with van der Waals surface area (Å²) < 4.78 is 0. The fraction of sp³-hybridized carbons (Fsp3) is 0.0769. The molecule has 82 valence electrons. The van der Waals surface area contributed by atoms with Crippen LogP contribution in [0.1, 0.15) is 5.56 Å². The zero-order valence-electron chi connectivity index (χ0n) is 8.58. The van der Waals surface area contributed by atoms with Crippen LogP contribution in [0.15, 0.2) is 42.5 Å². The van der Waals surface area contributed by atoms with Gasteiger partial charge in [0, 0.05) is 16.6 Å². The van der Waals surface area contributed by atoms with Crippen molar-refractivity contribution in [2.45, 2.75) is 6.54 Å². The van der Waals surface area contributed by atoms with Crippen molar-refractivity contribution in [2.24, 2.45) is 5.73 Å². The minimum atomic E-state index is 0.500. The lowest BCUT2D eigenvalue weighted by atomic mass is 10.00. The maximum atomic E-state index is 5.98. The van der Waals surface area contributed by atoms with Crippen LogP contribution >= 0.6 is 23.2 Å². The maximum Gasteiger partial charge on any atom is 0.0426 e. The third kappa shape index (κ3) is 2.38. The van der Waals surface area contributed by atoms with Gasteiger partial charge in [-0.25, -0.2) is 0 Å². The molecule has 0 spiro atoms. The highest BCUT2D eigenvalue weighted by Gasteiger charge is 2.05. The van der Waals surface area contributed by atoms with Crippen molar-refractivity contribution in [1.82, 2.24) is 0 Å². The van der Waals surface area contributed by atoms with Crippen LogP contribution in [0, 0.1) is 0 Å². The minimum Gasteiger partial charge on any atom is -0.326 e. The van der Waals surface area contributed by atoms with Gasteiger partial charge in [-0.15, -0.1) is 0 Å². The molecule has 0 aliphatic rings. The summed E-state index contributed by atoms with van der Waals surface area (Å²) in [6.45, 7) is 0.500. The van der Waals surface area contributed by atoms with Crippen LogP contribution in [0.2, 0.25) is 10.0 Å². The summed E-state index contributed by atoms with van der Waals surface area (Å²) in [4.78, 5) is 0. The fourth-order valence-electron chi connectivity index (χ4n) is 1.69. The lowest BCUT2D eigenvalue weighted by Gasteiger charge is -2.08. The van der Waals surface area contributed by atoms with Crippen LogP contribution in [0.3, 0.4) is 0 Å². The van der Waals surface area contributed by atoms with Crippen LogP contribution in [0.5, 0.6) is 0 Å². The summed E-state index contributed by atoms with van der Waals surface area (Å²) >= 11 is 12.0. The molecule has 16 heavy (non-hydrogen) atoms. The van der Waals surface area contributed by atoms with Gasteiger partial charge in [-0.3, -0.25) is 0 Å². The molecule has 0 saturated heterocycles. The van der Waals surface area contributed by atoms with Crippen molar-refractivity contribution in [3.05, 3.63) is 58.1 Å². The molecule has 0 saturated carbocycles. The molecule has 0 aromatic heterocycles. The number of halogens is 2. The van der Waals surface area contributed by atoms with E-state index in [-0.39, 0.29) is 0 Å². The van der Waals surface area contributed by atoms with Gasteiger partial charge in [0.2, 0.25) is 0 Å². The van der Waals surface area contributed by atoms with E-state index in [4.69, 9.17) is 28.9 Å². The van der Waals surface area contributed by atoms with Crippen LogP contribution in [0.4, 0.5) is 0 Å². The van der Waals surface area contributed by atoms with Crippen molar-refractivity contribution in [3.8, 4) is 11.1 Å². The smallest absolute Gasteiger partial charge is 0.0426 e. The lowest BCUT2D eigenvalue weighted by Crippen LogP contribution is -1.98. The molecule has 0 atom stereocenters. The predicted octanol–water partition coefficient (Wildman–Crippen LogP) is 4.12. The quantitative estimate of drug-likeness (QED) is 0.854. The lowest BCUT2D eigenvalue weighted by molar-refractivity contribution is 1.07. The van der Waals surface area contributed by atoms with Crippen molar-refractivity contribution in [2.75, 3.05) is 0 Å². The molecular formula is C13H11Cl2N. The molecule has 0 heterocycles. The van der Waals surface area contributed by atoms with Crippen LogP contribution in [-0.2, 0) is 6.54 Å². The van der Waals surface area contributed by atoms with E-state index in [0.717, 1.165) is 16.7 Å². The Hall–Kier alpha value is -1.02. The Kier molecular flexibility index (Phi) is 3.49. The van der Waals surface area contributed by atoms with E-state index in [1.54, 1.807) is 6.07 Å². The molecule has 0 amide bonds. The minimum absolute atomic E-state index is 0.500. The third-order valence-corrected chi connectivity index (χ3v) is 2.85. The Morgan fingerprint density at radius 1 is 0.938 bits per heavy atom. The van der Waals surface area contributed by atoms with Crippen LogP contribution in [-0.4, -0.2) is 0 Å². The van der Waals surface area contributed by atoms with Gasteiger partial charge in [0.15, 0.2) is 0 Å². The second-order valence-corrected chi connectivity index (χ2v) is 4.39. The first-order valence-corrected chi connectivity index (χ1v) is 5.71. The number of benzene rings is 2. The molecule has 2 N–H and O–H groups in total. The normalized spacial score (nSPS) is 10.4. The molecule has 0 radical (unpaired) electrons. The second kappa shape index (κ2) is 4.88. The fourth-order valence-corrected chi connectivity index (χ4v) is 2.22. The van der Waals surface area contributed by atoms with Gasteiger partial charge in [-0.1, -0.05) is 47.5 Å². The monoisotopic (exact) mass is 251 g/mol. The Balaban J connectivity index is 2.58. The first-order valence-electron chi connectivity index (χ1n) is 4.95. The molecule has 2 aromatic rings. The van der Waals surface area contributed by atoms with Gasteiger partial charge in [-0.2, -0.15) is 0 Å². The second-order valence-electron chi connectivity index (χ2n) is 3.52. The molecule has 0 aliphatic heterocycles. The van der Waals surface area contributed by atoms with E-state index >= 15 is 0 Å². The van der Waals surface area contributed by atoms with Gasteiger partial charge < -0.3 is 5.73 Å². The molecular weight excluding hydrogens is 241 g/mol. The van der Waals surface area contributed by atoms with E-state index in [2.05, 4.69) is 0 Å². The average Bonchev–Trinajstić information content (AvgIpc) is 2.27. The average molecular weight is 252 g/mol. The predicted molar refractivity (Wildman–Crippen MR) is 69.8 cm³/mol.